The number of rotatable bonds is 6. The van der Waals surface area contributed by atoms with Crippen molar-refractivity contribution in [2.75, 3.05) is 12.4 Å². The molecule has 0 saturated carbocycles. The lowest BCUT2D eigenvalue weighted by Crippen LogP contribution is -2.41. The Balaban J connectivity index is 2.47. The minimum absolute atomic E-state index is 0.0473. The van der Waals surface area contributed by atoms with E-state index in [2.05, 4.69) is 4.72 Å². The van der Waals surface area contributed by atoms with Crippen LogP contribution in [0, 0.1) is 0 Å². The molecule has 0 radical (unpaired) electrons. The van der Waals surface area contributed by atoms with Gasteiger partial charge in [-0.1, -0.05) is 6.92 Å². The molecule has 1 aliphatic rings. The maximum atomic E-state index is 11.7. The summed E-state index contributed by atoms with van der Waals surface area (Å²) in [7, 11) is -3.42. The SMILES string of the molecule is CCC(=O)C(C)NS(=O)(=O)CC1CCCO1. The third kappa shape index (κ3) is 4.19. The second-order valence-corrected chi connectivity index (χ2v) is 5.87. The minimum Gasteiger partial charge on any atom is -0.377 e. The maximum absolute atomic E-state index is 11.7. The molecule has 16 heavy (non-hydrogen) atoms. The van der Waals surface area contributed by atoms with Gasteiger partial charge in [0, 0.05) is 13.0 Å². The summed E-state index contributed by atoms with van der Waals surface area (Å²) < 4.78 is 31.0. The van der Waals surface area contributed by atoms with Crippen LogP contribution in [0.2, 0.25) is 0 Å². The van der Waals surface area contributed by atoms with E-state index in [4.69, 9.17) is 4.74 Å². The fourth-order valence-electron chi connectivity index (χ4n) is 1.71. The van der Waals surface area contributed by atoms with Gasteiger partial charge in [0.1, 0.15) is 5.78 Å². The van der Waals surface area contributed by atoms with Crippen LogP contribution in [-0.4, -0.2) is 38.7 Å². The summed E-state index contributed by atoms with van der Waals surface area (Å²) in [5.74, 6) is -0.148. The fraction of sp³-hybridized carbons (Fsp3) is 0.900. The Labute approximate surface area is 96.6 Å². The molecule has 1 fully saturated rings. The van der Waals surface area contributed by atoms with E-state index in [0.717, 1.165) is 12.8 Å². The van der Waals surface area contributed by atoms with Gasteiger partial charge >= 0.3 is 0 Å². The monoisotopic (exact) mass is 249 g/mol. The van der Waals surface area contributed by atoms with Crippen molar-refractivity contribution in [1.29, 1.82) is 0 Å². The number of hydrogen-bond acceptors (Lipinski definition) is 4. The molecule has 94 valence electrons. The van der Waals surface area contributed by atoms with Crippen molar-refractivity contribution in [3.05, 3.63) is 0 Å². The predicted octanol–water partition coefficient (Wildman–Crippen LogP) is 0.452. The molecule has 1 heterocycles. The van der Waals surface area contributed by atoms with Gasteiger partial charge in [-0.05, 0) is 19.8 Å². The smallest absolute Gasteiger partial charge is 0.214 e. The number of sulfonamides is 1. The molecule has 1 aliphatic heterocycles. The van der Waals surface area contributed by atoms with Crippen molar-refractivity contribution in [1.82, 2.24) is 4.72 Å². The van der Waals surface area contributed by atoms with Crippen LogP contribution < -0.4 is 4.72 Å². The van der Waals surface area contributed by atoms with Crippen molar-refractivity contribution in [2.24, 2.45) is 0 Å². The van der Waals surface area contributed by atoms with Crippen LogP contribution in [0.5, 0.6) is 0 Å². The Morgan fingerprint density at radius 2 is 2.25 bits per heavy atom. The van der Waals surface area contributed by atoms with Crippen molar-refractivity contribution in [3.8, 4) is 0 Å². The molecular formula is C10H19NO4S. The van der Waals surface area contributed by atoms with Crippen molar-refractivity contribution >= 4 is 15.8 Å². The van der Waals surface area contributed by atoms with Crippen LogP contribution in [-0.2, 0) is 19.6 Å². The van der Waals surface area contributed by atoms with Crippen LogP contribution in [0.4, 0.5) is 0 Å². The van der Waals surface area contributed by atoms with Gasteiger partial charge in [-0.3, -0.25) is 4.79 Å². The van der Waals surface area contributed by atoms with E-state index in [0.29, 0.717) is 13.0 Å². The summed E-state index contributed by atoms with van der Waals surface area (Å²) in [4.78, 5) is 11.3. The second-order valence-electron chi connectivity index (χ2n) is 4.08. The second kappa shape index (κ2) is 5.75. The standard InChI is InChI=1S/C10H19NO4S/c1-3-10(12)8(2)11-16(13,14)7-9-5-4-6-15-9/h8-9,11H,3-7H2,1-2H3. The van der Waals surface area contributed by atoms with Crippen molar-refractivity contribution in [3.63, 3.8) is 0 Å². The first-order valence-electron chi connectivity index (χ1n) is 5.59. The molecule has 0 aromatic rings. The van der Waals surface area contributed by atoms with E-state index >= 15 is 0 Å². The first-order valence-corrected chi connectivity index (χ1v) is 7.24. The van der Waals surface area contributed by atoms with Gasteiger partial charge in [-0.15, -0.1) is 0 Å². The average Bonchev–Trinajstić information content (AvgIpc) is 2.67. The molecule has 2 atom stereocenters. The summed E-state index contributed by atoms with van der Waals surface area (Å²) in [6.07, 6.45) is 1.80. The zero-order valence-corrected chi connectivity index (χ0v) is 10.5. The van der Waals surface area contributed by atoms with E-state index in [9.17, 15) is 13.2 Å². The Bertz CT molecular complexity index is 333. The Morgan fingerprint density at radius 3 is 2.75 bits per heavy atom. The highest BCUT2D eigenvalue weighted by Gasteiger charge is 2.25. The van der Waals surface area contributed by atoms with Crippen LogP contribution in [0.1, 0.15) is 33.1 Å². The molecule has 1 rings (SSSR count). The van der Waals surface area contributed by atoms with E-state index < -0.39 is 16.1 Å². The summed E-state index contributed by atoms with van der Waals surface area (Å²) in [5, 5.41) is 0. The Hall–Kier alpha value is -0.460. The summed E-state index contributed by atoms with van der Waals surface area (Å²) in [6.45, 7) is 3.91. The van der Waals surface area contributed by atoms with Gasteiger partial charge in [-0.2, -0.15) is 0 Å². The van der Waals surface area contributed by atoms with E-state index in [1.807, 2.05) is 0 Å². The Kier molecular flexibility index (Phi) is 4.89. The molecule has 0 aromatic heterocycles. The number of Topliss-reactive ketones (excluding diaryl/α,β-unsaturated/α-hetero) is 1. The quantitative estimate of drug-likeness (QED) is 0.742. The van der Waals surface area contributed by atoms with Crippen LogP contribution in [0.25, 0.3) is 0 Å². The third-order valence-electron chi connectivity index (χ3n) is 2.62. The highest BCUT2D eigenvalue weighted by atomic mass is 32.2. The van der Waals surface area contributed by atoms with Gasteiger partial charge in [0.05, 0.1) is 17.9 Å². The van der Waals surface area contributed by atoms with Crippen LogP contribution >= 0.6 is 0 Å². The molecule has 6 heteroatoms. The van der Waals surface area contributed by atoms with Gasteiger partial charge in [0.2, 0.25) is 10.0 Å². The normalized spacial score (nSPS) is 23.2. The highest BCUT2D eigenvalue weighted by molar-refractivity contribution is 7.89. The topological polar surface area (TPSA) is 72.5 Å². The lowest BCUT2D eigenvalue weighted by molar-refractivity contribution is -0.119. The van der Waals surface area contributed by atoms with Crippen molar-refractivity contribution < 1.29 is 17.9 Å². The molecule has 0 aliphatic carbocycles. The lowest BCUT2D eigenvalue weighted by Gasteiger charge is -2.14. The summed E-state index contributed by atoms with van der Waals surface area (Å²) >= 11 is 0. The van der Waals surface area contributed by atoms with Gasteiger partial charge < -0.3 is 4.74 Å². The first-order chi connectivity index (χ1) is 7.44. The van der Waals surface area contributed by atoms with Gasteiger partial charge in [0.15, 0.2) is 0 Å². The summed E-state index contributed by atoms with van der Waals surface area (Å²) in [5.41, 5.74) is 0. The molecule has 1 saturated heterocycles. The van der Waals surface area contributed by atoms with E-state index in [1.165, 1.54) is 0 Å². The number of ether oxygens (including phenoxy) is 1. The average molecular weight is 249 g/mol. The molecule has 0 aromatic carbocycles. The number of nitrogens with one attached hydrogen (secondary N) is 1. The molecule has 0 bridgehead atoms. The molecule has 0 spiro atoms. The summed E-state index contributed by atoms with van der Waals surface area (Å²) in [6, 6.07) is -0.642. The minimum atomic E-state index is -3.42. The first kappa shape index (κ1) is 13.6. The van der Waals surface area contributed by atoms with Gasteiger partial charge in [0.25, 0.3) is 0 Å². The van der Waals surface area contributed by atoms with Crippen LogP contribution in [0.15, 0.2) is 0 Å². The molecular weight excluding hydrogens is 230 g/mol. The largest absolute Gasteiger partial charge is 0.377 e. The third-order valence-corrected chi connectivity index (χ3v) is 4.14. The van der Waals surface area contributed by atoms with Crippen molar-refractivity contribution in [2.45, 2.75) is 45.3 Å². The fourth-order valence-corrected chi connectivity index (χ4v) is 3.23. The molecule has 2 unspecified atom stereocenters. The highest BCUT2D eigenvalue weighted by Crippen LogP contribution is 2.13. The molecule has 1 N–H and O–H groups in total. The van der Waals surface area contributed by atoms with Gasteiger partial charge in [-0.25, -0.2) is 13.1 Å². The van der Waals surface area contributed by atoms with Crippen LogP contribution in [0.3, 0.4) is 0 Å². The number of carbonyl (C=O) groups is 1. The number of hydrogen-bond donors (Lipinski definition) is 1. The number of ketones is 1. The maximum Gasteiger partial charge on any atom is 0.214 e. The Morgan fingerprint density at radius 1 is 1.56 bits per heavy atom. The molecule has 0 amide bonds. The lowest BCUT2D eigenvalue weighted by atomic mass is 10.2. The van der Waals surface area contributed by atoms with E-state index in [-0.39, 0.29) is 17.6 Å². The van der Waals surface area contributed by atoms with E-state index in [1.54, 1.807) is 13.8 Å². The zero-order chi connectivity index (χ0) is 12.2. The predicted molar refractivity (Wildman–Crippen MR) is 60.7 cm³/mol. The number of carbonyl (C=O) groups excluding carboxylic acids is 1. The molecule has 5 nitrogen and oxygen atoms in total. The zero-order valence-electron chi connectivity index (χ0n) is 9.73.